The molecule has 5 aromatic rings. The third kappa shape index (κ3) is 4.58. The molecule has 3 aromatic carbocycles. The van der Waals surface area contributed by atoms with Gasteiger partial charge in [0.25, 0.3) is 15.9 Å². The number of benzene rings is 3. The first-order valence-electron chi connectivity index (χ1n) is 10.6. The van der Waals surface area contributed by atoms with Gasteiger partial charge >= 0.3 is 0 Å². The van der Waals surface area contributed by atoms with Crippen molar-refractivity contribution in [3.05, 3.63) is 95.3 Å². The number of anilines is 1. The summed E-state index contributed by atoms with van der Waals surface area (Å²) in [6.07, 6.45) is 2.88. The maximum absolute atomic E-state index is 13.4. The first kappa shape index (κ1) is 23.2. The normalized spacial score (nSPS) is 11.6. The van der Waals surface area contributed by atoms with Crippen molar-refractivity contribution in [1.82, 2.24) is 14.3 Å². The summed E-state index contributed by atoms with van der Waals surface area (Å²) < 4.78 is 33.7. The topological polar surface area (TPSA) is 92.3 Å². The third-order valence-corrected chi connectivity index (χ3v) is 7.91. The lowest BCUT2D eigenvalue weighted by Crippen LogP contribution is -2.28. The molecule has 7 nitrogen and oxygen atoms in total. The van der Waals surface area contributed by atoms with E-state index in [1.807, 2.05) is 42.5 Å². The Hall–Kier alpha value is -3.53. The van der Waals surface area contributed by atoms with E-state index in [0.717, 1.165) is 16.3 Å². The van der Waals surface area contributed by atoms with Gasteiger partial charge in [0, 0.05) is 24.8 Å². The number of amides is 1. The van der Waals surface area contributed by atoms with Gasteiger partial charge in [-0.25, -0.2) is 4.98 Å². The molecule has 0 aliphatic carbocycles. The first-order chi connectivity index (χ1) is 16.8. The van der Waals surface area contributed by atoms with Crippen molar-refractivity contribution >= 4 is 65.6 Å². The summed E-state index contributed by atoms with van der Waals surface area (Å²) in [6, 6.07) is 20.1. The molecule has 2 aromatic heterocycles. The number of aromatic nitrogens is 2. The minimum Gasteiger partial charge on any atom is -0.337 e. The summed E-state index contributed by atoms with van der Waals surface area (Å²) in [4.78, 5) is 19.0. The Morgan fingerprint density at radius 3 is 2.71 bits per heavy atom. The van der Waals surface area contributed by atoms with Crippen LogP contribution in [0.15, 0.2) is 84.1 Å². The second-order valence-electron chi connectivity index (χ2n) is 7.95. The van der Waals surface area contributed by atoms with Crippen LogP contribution in [0.3, 0.4) is 0 Å². The van der Waals surface area contributed by atoms with Gasteiger partial charge in [-0.2, -0.15) is 12.8 Å². The van der Waals surface area contributed by atoms with Gasteiger partial charge in [0.2, 0.25) is 0 Å². The van der Waals surface area contributed by atoms with Gasteiger partial charge in [0.1, 0.15) is 0 Å². The van der Waals surface area contributed by atoms with Crippen molar-refractivity contribution in [2.75, 3.05) is 11.8 Å². The highest BCUT2D eigenvalue weighted by molar-refractivity contribution is 7.92. The van der Waals surface area contributed by atoms with Crippen LogP contribution in [-0.4, -0.2) is 35.6 Å². The Bertz CT molecular complexity index is 1680. The number of hydrogen-bond donors (Lipinski definition) is 1. The number of nitrogens with one attached hydrogen (secondary N) is 1. The minimum absolute atomic E-state index is 0.0780. The Morgan fingerprint density at radius 1 is 1.06 bits per heavy atom. The SMILES string of the molecule is CN(Cc1cccc2ccccc12)C(=O)c1ccc(Cl)cc1NS(=O)(=O)c1nccc2sncc12. The maximum Gasteiger partial charge on any atom is 0.280 e. The van der Waals surface area contributed by atoms with Crippen LogP contribution in [0.4, 0.5) is 5.69 Å². The van der Waals surface area contributed by atoms with Gasteiger partial charge in [0.05, 0.1) is 27.5 Å². The predicted molar refractivity (Wildman–Crippen MR) is 139 cm³/mol. The van der Waals surface area contributed by atoms with E-state index in [0.29, 0.717) is 21.7 Å². The summed E-state index contributed by atoms with van der Waals surface area (Å²) in [5.74, 6) is -0.351. The monoisotopic (exact) mass is 522 g/mol. The number of carbonyl (C=O) groups excluding carboxylic acids is 1. The fourth-order valence-electron chi connectivity index (χ4n) is 3.93. The highest BCUT2D eigenvalue weighted by Crippen LogP contribution is 2.29. The molecular formula is C25H19ClN4O3S2. The van der Waals surface area contributed by atoms with Crippen LogP contribution < -0.4 is 4.72 Å². The van der Waals surface area contributed by atoms with E-state index in [1.165, 1.54) is 36.1 Å². The fraction of sp³-hybridized carbons (Fsp3) is 0.0800. The number of halogens is 1. The molecule has 0 saturated carbocycles. The third-order valence-electron chi connectivity index (χ3n) is 5.59. The lowest BCUT2D eigenvalue weighted by atomic mass is 10.0. The van der Waals surface area contributed by atoms with E-state index in [-0.39, 0.29) is 22.2 Å². The van der Waals surface area contributed by atoms with Crippen molar-refractivity contribution in [2.45, 2.75) is 11.6 Å². The predicted octanol–water partition coefficient (Wildman–Crippen LogP) is 5.57. The molecule has 1 N–H and O–H groups in total. The molecule has 0 atom stereocenters. The Morgan fingerprint density at radius 2 is 1.86 bits per heavy atom. The van der Waals surface area contributed by atoms with Gasteiger partial charge in [0.15, 0.2) is 5.03 Å². The number of pyridine rings is 1. The first-order valence-corrected chi connectivity index (χ1v) is 13.2. The molecule has 0 spiro atoms. The molecule has 0 bridgehead atoms. The van der Waals surface area contributed by atoms with Crippen LogP contribution in [0.2, 0.25) is 5.02 Å². The highest BCUT2D eigenvalue weighted by atomic mass is 35.5. The smallest absolute Gasteiger partial charge is 0.280 e. The standard InChI is InChI=1S/C25H19ClN4O3S2/c1-30(15-17-7-4-6-16-5-2-3-8-19(16)17)25(31)20-10-9-18(26)13-22(20)29-35(32,33)24-21-14-28-34-23(21)11-12-27-24/h2-14,29H,15H2,1H3. The van der Waals surface area contributed by atoms with Gasteiger partial charge in [-0.05, 0) is 52.1 Å². The fourth-order valence-corrected chi connectivity index (χ4v) is 6.01. The van der Waals surface area contributed by atoms with Gasteiger partial charge < -0.3 is 4.90 Å². The van der Waals surface area contributed by atoms with Crippen molar-refractivity contribution < 1.29 is 13.2 Å². The number of nitrogens with zero attached hydrogens (tertiary/aromatic N) is 3. The minimum atomic E-state index is -4.12. The van der Waals surface area contributed by atoms with Crippen molar-refractivity contribution in [1.29, 1.82) is 0 Å². The number of hydrogen-bond acceptors (Lipinski definition) is 6. The molecule has 5 rings (SSSR count). The van der Waals surface area contributed by atoms with Crippen LogP contribution in [-0.2, 0) is 16.6 Å². The van der Waals surface area contributed by atoms with E-state index in [2.05, 4.69) is 14.1 Å². The van der Waals surface area contributed by atoms with Gasteiger partial charge in [-0.15, -0.1) is 0 Å². The highest BCUT2D eigenvalue weighted by Gasteiger charge is 2.24. The number of fused-ring (bicyclic) bond motifs is 2. The van der Waals surface area contributed by atoms with E-state index in [1.54, 1.807) is 24.1 Å². The van der Waals surface area contributed by atoms with Crippen LogP contribution in [0.5, 0.6) is 0 Å². The summed E-state index contributed by atoms with van der Waals surface area (Å²) >= 11 is 7.34. The maximum atomic E-state index is 13.4. The quantitative estimate of drug-likeness (QED) is 0.314. The zero-order valence-corrected chi connectivity index (χ0v) is 20.9. The Kier molecular flexibility index (Phi) is 6.14. The lowest BCUT2D eigenvalue weighted by molar-refractivity contribution is 0.0786. The molecular weight excluding hydrogens is 504 g/mol. The molecule has 0 fully saturated rings. The summed E-state index contributed by atoms with van der Waals surface area (Å²) in [5.41, 5.74) is 1.24. The Balaban J connectivity index is 1.47. The van der Waals surface area contributed by atoms with E-state index < -0.39 is 10.0 Å². The van der Waals surface area contributed by atoms with E-state index in [4.69, 9.17) is 11.6 Å². The van der Waals surface area contributed by atoms with Crippen LogP contribution in [0, 0.1) is 0 Å². The average molecular weight is 523 g/mol. The van der Waals surface area contributed by atoms with Crippen molar-refractivity contribution in [3.8, 4) is 0 Å². The number of carbonyl (C=O) groups is 1. The van der Waals surface area contributed by atoms with Gasteiger partial charge in [-0.3, -0.25) is 9.52 Å². The second-order valence-corrected chi connectivity index (χ2v) is 10.8. The molecule has 1 amide bonds. The molecule has 0 radical (unpaired) electrons. The van der Waals surface area contributed by atoms with Crippen LogP contribution in [0.25, 0.3) is 20.9 Å². The molecule has 176 valence electrons. The zero-order chi connectivity index (χ0) is 24.6. The molecule has 0 unspecified atom stereocenters. The van der Waals surface area contributed by atoms with Crippen LogP contribution >= 0.6 is 23.1 Å². The molecule has 2 heterocycles. The Labute approximate surface area is 211 Å². The summed E-state index contributed by atoms with van der Waals surface area (Å²) in [5, 5.41) is 2.67. The molecule has 10 heteroatoms. The molecule has 0 aliphatic heterocycles. The number of rotatable bonds is 6. The zero-order valence-electron chi connectivity index (χ0n) is 18.5. The van der Waals surface area contributed by atoms with E-state index >= 15 is 0 Å². The van der Waals surface area contributed by atoms with E-state index in [9.17, 15) is 13.2 Å². The van der Waals surface area contributed by atoms with Crippen LogP contribution in [0.1, 0.15) is 15.9 Å². The van der Waals surface area contributed by atoms with Crippen molar-refractivity contribution in [3.63, 3.8) is 0 Å². The van der Waals surface area contributed by atoms with Gasteiger partial charge in [-0.1, -0.05) is 54.1 Å². The lowest BCUT2D eigenvalue weighted by Gasteiger charge is -2.21. The molecule has 35 heavy (non-hydrogen) atoms. The summed E-state index contributed by atoms with van der Waals surface area (Å²) in [6.45, 7) is 0.344. The summed E-state index contributed by atoms with van der Waals surface area (Å²) in [7, 11) is -2.44. The largest absolute Gasteiger partial charge is 0.337 e. The molecule has 0 aliphatic rings. The second kappa shape index (κ2) is 9.26. The average Bonchev–Trinajstić information content (AvgIpc) is 3.33. The molecule has 0 saturated heterocycles. The number of sulfonamides is 1. The van der Waals surface area contributed by atoms with Crippen molar-refractivity contribution in [2.24, 2.45) is 0 Å².